The van der Waals surface area contributed by atoms with Gasteiger partial charge in [-0.1, -0.05) is 64.1 Å². The van der Waals surface area contributed by atoms with E-state index in [1.807, 2.05) is 49.9 Å². The number of aromatic nitrogens is 2. The molecule has 8 rings (SSSR count). The van der Waals surface area contributed by atoms with Crippen molar-refractivity contribution in [1.29, 1.82) is 0 Å². The van der Waals surface area contributed by atoms with E-state index < -0.39 is 24.3 Å². The number of hydrogen-bond acceptors (Lipinski definition) is 8. The molecule has 2 bridgehead atoms. The number of rotatable bonds is 11. The summed E-state index contributed by atoms with van der Waals surface area (Å²) in [5, 5.41) is 9.80. The van der Waals surface area contributed by atoms with Crippen LogP contribution in [-0.2, 0) is 19.1 Å². The van der Waals surface area contributed by atoms with Crippen LogP contribution in [0.3, 0.4) is 0 Å². The van der Waals surface area contributed by atoms with Crippen LogP contribution in [0.15, 0.2) is 78.1 Å². The number of nitrogens with one attached hydrogen (secondary N) is 3. The average Bonchev–Trinajstić information content (AvgIpc) is 4.12. The van der Waals surface area contributed by atoms with Crippen molar-refractivity contribution >= 4 is 46.3 Å². The standard InChI is InChI=1S/C46H54N8O6/c1-25(2)38(51-45(57)59-5)43(55)53-19-7-8-37(53)41-47-24-36(49-41)32-16-15-30-20-29(13-14-31(30)21-32)27-9-11-28(12-10-27)35-23-48-42(50-35)40-33-17-18-34(22-33)54(40)44(56)39(26(3)4)52-46(58)60-6/h9-16,20-21,23-26,33-34,37-40H,7-8,17-19,22H2,1-6H3,(H,47,49)(H,48,50)(H,51,57)(H,52,58)/p+1/t33-,34+,37+,38+,39+,40+/m1/s1. The molecule has 6 atom stereocenters. The predicted octanol–water partition coefficient (Wildman–Crippen LogP) is 5.98. The SMILES string of the molecule is COC(=O)N[C@H](C(=O)N1CCC[C@H]1c1ncc(-c2ccc3cc(-c4ccc(C5=CN=C([C@@H]6[C@@H]7CC[C@@H](C7)N6C(=O)[C@@H](NC(=O)OC)C(C)C)[NH2+]5)cc4)ccc3c2)[nH]1)C(C)C. The van der Waals surface area contributed by atoms with E-state index in [1.165, 1.54) is 14.2 Å². The molecule has 3 aliphatic heterocycles. The molecule has 14 heteroatoms. The fourth-order valence-corrected chi connectivity index (χ4v) is 9.54. The fourth-order valence-electron chi connectivity index (χ4n) is 9.54. The van der Waals surface area contributed by atoms with E-state index >= 15 is 0 Å². The molecule has 4 aromatic rings. The second-order valence-corrected chi connectivity index (χ2v) is 17.1. The first-order valence-electron chi connectivity index (χ1n) is 21.1. The van der Waals surface area contributed by atoms with Crippen LogP contribution in [0, 0.1) is 17.8 Å². The molecule has 3 aromatic carbocycles. The number of hydrogen-bond donors (Lipinski definition) is 4. The minimum Gasteiger partial charge on any atom is -0.453 e. The lowest BCUT2D eigenvalue weighted by atomic mass is 9.95. The number of aliphatic imine (C=N–C) groups is 1. The molecule has 4 heterocycles. The van der Waals surface area contributed by atoms with Gasteiger partial charge >= 0.3 is 12.2 Å². The predicted molar refractivity (Wildman–Crippen MR) is 228 cm³/mol. The highest BCUT2D eigenvalue weighted by Gasteiger charge is 2.54. The number of imidazole rings is 1. The van der Waals surface area contributed by atoms with Crippen molar-refractivity contribution in [2.75, 3.05) is 20.8 Å². The van der Waals surface area contributed by atoms with E-state index in [1.54, 1.807) is 0 Å². The molecule has 0 radical (unpaired) electrons. The largest absolute Gasteiger partial charge is 0.453 e. The highest BCUT2D eigenvalue weighted by molar-refractivity contribution is 5.95. The van der Waals surface area contributed by atoms with Crippen LogP contribution < -0.4 is 16.0 Å². The van der Waals surface area contributed by atoms with Gasteiger partial charge in [-0.05, 0) is 96.0 Å². The van der Waals surface area contributed by atoms with Crippen molar-refractivity contribution < 1.29 is 34.0 Å². The van der Waals surface area contributed by atoms with Gasteiger partial charge in [-0.2, -0.15) is 0 Å². The van der Waals surface area contributed by atoms with E-state index in [0.717, 1.165) is 88.2 Å². The zero-order valence-electron chi connectivity index (χ0n) is 35.1. The number of nitrogens with zero attached hydrogens (tertiary/aromatic N) is 4. The van der Waals surface area contributed by atoms with Crippen LogP contribution in [0.1, 0.15) is 77.2 Å². The number of ether oxygens (including phenoxy) is 2. The van der Waals surface area contributed by atoms with Gasteiger partial charge in [-0.15, -0.1) is 0 Å². The zero-order valence-corrected chi connectivity index (χ0v) is 35.1. The van der Waals surface area contributed by atoms with Crippen LogP contribution in [0.25, 0.3) is 38.9 Å². The number of piperidine rings is 1. The van der Waals surface area contributed by atoms with Crippen molar-refractivity contribution in [3.05, 3.63) is 84.4 Å². The Morgan fingerprint density at radius 3 is 2.07 bits per heavy atom. The van der Waals surface area contributed by atoms with Crippen LogP contribution >= 0.6 is 0 Å². The monoisotopic (exact) mass is 815 g/mol. The van der Waals surface area contributed by atoms with Crippen molar-refractivity contribution in [3.8, 4) is 22.4 Å². The highest BCUT2D eigenvalue weighted by atomic mass is 16.5. The number of likely N-dealkylation sites (tertiary alicyclic amines) is 2. The number of benzene rings is 3. The van der Waals surface area contributed by atoms with Crippen LogP contribution in [-0.4, -0.2) is 94.5 Å². The van der Waals surface area contributed by atoms with Crippen molar-refractivity contribution in [3.63, 3.8) is 0 Å². The van der Waals surface area contributed by atoms with Gasteiger partial charge in [0.05, 0.1) is 38.4 Å². The lowest BCUT2D eigenvalue weighted by Crippen LogP contribution is -2.87. The Balaban J connectivity index is 0.925. The third-order valence-electron chi connectivity index (χ3n) is 12.7. The molecular formula is C46H55N8O6+. The number of fused-ring (bicyclic) bond motifs is 3. The first-order valence-corrected chi connectivity index (χ1v) is 21.1. The van der Waals surface area contributed by atoms with Gasteiger partial charge in [0.1, 0.15) is 23.9 Å². The molecule has 3 fully saturated rings. The number of H-pyrrole nitrogens is 1. The summed E-state index contributed by atoms with van der Waals surface area (Å²) >= 11 is 0. The molecule has 4 amide bonds. The smallest absolute Gasteiger partial charge is 0.407 e. The summed E-state index contributed by atoms with van der Waals surface area (Å²) in [5.74, 6) is 1.58. The minimum absolute atomic E-state index is 0.0718. The highest BCUT2D eigenvalue weighted by Crippen LogP contribution is 2.43. The molecular weight excluding hydrogens is 761 g/mol. The zero-order chi connectivity index (χ0) is 42.2. The minimum atomic E-state index is -0.687. The molecule has 2 saturated heterocycles. The lowest BCUT2D eigenvalue weighted by Gasteiger charge is -2.37. The van der Waals surface area contributed by atoms with Gasteiger partial charge in [0, 0.05) is 23.7 Å². The Kier molecular flexibility index (Phi) is 11.5. The summed E-state index contributed by atoms with van der Waals surface area (Å²) in [5.41, 5.74) is 6.14. The van der Waals surface area contributed by atoms with Crippen molar-refractivity contribution in [2.24, 2.45) is 22.7 Å². The molecule has 1 saturated carbocycles. The molecule has 0 spiro atoms. The normalized spacial score (nSPS) is 21.9. The summed E-state index contributed by atoms with van der Waals surface area (Å²) in [6.45, 7) is 8.29. The quantitative estimate of drug-likeness (QED) is 0.144. The Bertz CT molecular complexity index is 2350. The van der Waals surface area contributed by atoms with E-state index in [0.29, 0.717) is 12.5 Å². The number of amides is 4. The van der Waals surface area contributed by atoms with E-state index in [2.05, 4.69) is 81.6 Å². The number of alkyl carbamates (subject to hydrolysis) is 2. The van der Waals surface area contributed by atoms with E-state index in [4.69, 9.17) is 19.5 Å². The average molecular weight is 816 g/mol. The van der Waals surface area contributed by atoms with Crippen molar-refractivity contribution in [2.45, 2.75) is 90.0 Å². The third-order valence-corrected chi connectivity index (χ3v) is 12.7. The van der Waals surface area contributed by atoms with E-state index in [-0.39, 0.29) is 41.8 Å². The first-order chi connectivity index (χ1) is 28.9. The van der Waals surface area contributed by atoms with Crippen LogP contribution in [0.5, 0.6) is 0 Å². The molecule has 60 heavy (non-hydrogen) atoms. The van der Waals surface area contributed by atoms with Gasteiger partial charge in [0.15, 0.2) is 5.70 Å². The Morgan fingerprint density at radius 1 is 0.783 bits per heavy atom. The van der Waals surface area contributed by atoms with Gasteiger partial charge < -0.3 is 34.9 Å². The van der Waals surface area contributed by atoms with Gasteiger partial charge in [-0.3, -0.25) is 14.9 Å². The summed E-state index contributed by atoms with van der Waals surface area (Å²) in [7, 11) is 2.61. The van der Waals surface area contributed by atoms with Crippen molar-refractivity contribution in [1.82, 2.24) is 30.4 Å². The number of amidine groups is 1. The second-order valence-electron chi connectivity index (χ2n) is 17.1. The Hall–Kier alpha value is -6.02. The van der Waals surface area contributed by atoms with Gasteiger partial charge in [0.25, 0.3) is 0 Å². The first kappa shape index (κ1) is 40.7. The maximum Gasteiger partial charge on any atom is 0.407 e. The van der Waals surface area contributed by atoms with Gasteiger partial charge in [0.2, 0.25) is 17.6 Å². The molecule has 0 unspecified atom stereocenters. The number of carbonyl (C=O) groups excluding carboxylic acids is 4. The number of aromatic amines is 1. The van der Waals surface area contributed by atoms with Crippen LogP contribution in [0.4, 0.5) is 9.59 Å². The number of quaternary nitrogens is 1. The molecule has 5 N–H and O–H groups in total. The Morgan fingerprint density at radius 2 is 1.40 bits per heavy atom. The number of carbonyl (C=O) groups is 4. The Labute approximate surface area is 350 Å². The maximum absolute atomic E-state index is 14.0. The third kappa shape index (κ3) is 7.87. The molecule has 4 aliphatic rings. The van der Waals surface area contributed by atoms with Gasteiger partial charge in [-0.25, -0.2) is 19.6 Å². The number of methoxy groups -OCH3 is 2. The molecule has 314 valence electrons. The second kappa shape index (κ2) is 16.9. The van der Waals surface area contributed by atoms with E-state index in [9.17, 15) is 19.2 Å². The topological polar surface area (TPSA) is 175 Å². The van der Waals surface area contributed by atoms with Crippen LogP contribution in [0.2, 0.25) is 0 Å². The summed E-state index contributed by atoms with van der Waals surface area (Å²) in [6, 6.07) is 19.8. The fraction of sp³-hybridized carbons (Fsp3) is 0.435. The summed E-state index contributed by atoms with van der Waals surface area (Å²) in [6.07, 6.45) is 7.12. The summed E-state index contributed by atoms with van der Waals surface area (Å²) in [4.78, 5) is 68.6. The molecule has 1 aromatic heterocycles. The number of nitrogens with two attached hydrogens (primary N) is 1. The lowest BCUT2D eigenvalue weighted by molar-refractivity contribution is -0.436. The molecule has 1 aliphatic carbocycles. The maximum atomic E-state index is 14.0. The summed E-state index contributed by atoms with van der Waals surface area (Å²) < 4.78 is 9.60. The molecule has 14 nitrogen and oxygen atoms in total.